The van der Waals surface area contributed by atoms with Crippen LogP contribution in [0.1, 0.15) is 27.2 Å². The maximum atomic E-state index is 4.02. The lowest BCUT2D eigenvalue weighted by Gasteiger charge is -2.19. The van der Waals surface area contributed by atoms with E-state index in [1.807, 2.05) is 11.8 Å². The molecule has 1 unspecified atom stereocenters. The largest absolute Gasteiger partial charge is 0.151 e. The molecule has 0 amide bonds. The van der Waals surface area contributed by atoms with Gasteiger partial charge in [-0.3, -0.25) is 0 Å². The zero-order valence-corrected chi connectivity index (χ0v) is 10.7. The first-order valence-corrected chi connectivity index (χ1v) is 6.66. The average molecular weight is 216 g/mol. The summed E-state index contributed by atoms with van der Waals surface area (Å²) in [5.41, 5.74) is 1.26. The molecule has 0 aromatic heterocycles. The molecule has 0 aliphatic heterocycles. The van der Waals surface area contributed by atoms with Crippen LogP contribution in [-0.2, 0) is 0 Å². The summed E-state index contributed by atoms with van der Waals surface area (Å²) in [6.07, 6.45) is 3.14. The van der Waals surface area contributed by atoms with Crippen LogP contribution < -0.4 is 0 Å². The van der Waals surface area contributed by atoms with Crippen molar-refractivity contribution in [1.82, 2.24) is 0 Å². The second kappa shape index (κ2) is 6.61. The second-order valence-corrected chi connectivity index (χ2v) is 6.24. The third-order valence-electron chi connectivity index (χ3n) is 1.69. The van der Waals surface area contributed by atoms with Gasteiger partial charge in [-0.2, -0.15) is 11.8 Å². The molecule has 0 aromatic rings. The van der Waals surface area contributed by atoms with E-state index in [1.54, 1.807) is 11.8 Å². The Labute approximate surface area is 91.3 Å². The number of allylic oxidation sites excluding steroid dienone is 1. The van der Waals surface area contributed by atoms with Gasteiger partial charge in [-0.15, -0.1) is 11.8 Å². The number of thioether (sulfide) groups is 2. The minimum Gasteiger partial charge on any atom is -0.151 e. The van der Waals surface area contributed by atoms with Crippen molar-refractivity contribution in [1.29, 1.82) is 0 Å². The van der Waals surface area contributed by atoms with Gasteiger partial charge in [0.15, 0.2) is 0 Å². The van der Waals surface area contributed by atoms with Gasteiger partial charge in [-0.25, -0.2) is 0 Å². The SMILES string of the molecule is C=C(CC(SC(C)C)C(=C)C)SC. The first kappa shape index (κ1) is 13.2. The molecule has 0 spiro atoms. The fourth-order valence-corrected chi connectivity index (χ4v) is 2.58. The van der Waals surface area contributed by atoms with Crippen LogP contribution in [0.5, 0.6) is 0 Å². The van der Waals surface area contributed by atoms with Crippen molar-refractivity contribution in [2.24, 2.45) is 0 Å². The number of hydrogen-bond donors (Lipinski definition) is 0. The number of hydrogen-bond acceptors (Lipinski definition) is 2. The molecule has 0 heterocycles. The van der Waals surface area contributed by atoms with Crippen molar-refractivity contribution in [3.05, 3.63) is 23.6 Å². The Morgan fingerprint density at radius 1 is 1.31 bits per heavy atom. The summed E-state index contributed by atoms with van der Waals surface area (Å²) in [5.74, 6) is 0. The highest BCUT2D eigenvalue weighted by molar-refractivity contribution is 8.02. The summed E-state index contributed by atoms with van der Waals surface area (Å²) < 4.78 is 0. The highest BCUT2D eigenvalue weighted by atomic mass is 32.2. The highest BCUT2D eigenvalue weighted by Gasteiger charge is 2.12. The fourth-order valence-electron chi connectivity index (χ4n) is 0.957. The quantitative estimate of drug-likeness (QED) is 0.606. The molecular weight excluding hydrogens is 196 g/mol. The van der Waals surface area contributed by atoms with Crippen LogP contribution in [0.2, 0.25) is 0 Å². The second-order valence-electron chi connectivity index (χ2n) is 3.47. The van der Waals surface area contributed by atoms with Gasteiger partial charge in [-0.05, 0) is 29.8 Å². The minimum absolute atomic E-state index is 0.542. The Hall–Kier alpha value is 0.180. The summed E-state index contributed by atoms with van der Waals surface area (Å²) in [6.45, 7) is 14.6. The summed E-state index contributed by atoms with van der Waals surface area (Å²) in [6, 6.07) is 0. The lowest BCUT2D eigenvalue weighted by molar-refractivity contribution is 0.976. The average Bonchev–Trinajstić information content (AvgIpc) is 2.02. The monoisotopic (exact) mass is 216 g/mol. The number of rotatable bonds is 6. The smallest absolute Gasteiger partial charge is 0.0298 e. The van der Waals surface area contributed by atoms with Crippen LogP contribution in [0.4, 0.5) is 0 Å². The molecule has 0 N–H and O–H groups in total. The summed E-state index contributed by atoms with van der Waals surface area (Å²) >= 11 is 3.73. The van der Waals surface area contributed by atoms with Crippen LogP contribution >= 0.6 is 23.5 Å². The molecule has 0 aliphatic carbocycles. The van der Waals surface area contributed by atoms with E-state index in [1.165, 1.54) is 10.5 Å². The Kier molecular flexibility index (Phi) is 6.70. The summed E-state index contributed by atoms with van der Waals surface area (Å²) in [5, 5.41) is 1.20. The Morgan fingerprint density at radius 2 is 1.85 bits per heavy atom. The van der Waals surface area contributed by atoms with Gasteiger partial charge in [0.1, 0.15) is 0 Å². The minimum atomic E-state index is 0.542. The van der Waals surface area contributed by atoms with Crippen molar-refractivity contribution in [3.63, 3.8) is 0 Å². The molecule has 76 valence electrons. The van der Waals surface area contributed by atoms with Crippen molar-refractivity contribution in [2.75, 3.05) is 6.26 Å². The Bertz CT molecular complexity index is 183. The third-order valence-corrected chi connectivity index (χ3v) is 3.87. The van der Waals surface area contributed by atoms with Gasteiger partial charge >= 0.3 is 0 Å². The van der Waals surface area contributed by atoms with E-state index in [2.05, 4.69) is 40.2 Å². The predicted molar refractivity (Wildman–Crippen MR) is 68.6 cm³/mol. The van der Waals surface area contributed by atoms with Crippen molar-refractivity contribution < 1.29 is 0 Å². The molecule has 0 saturated heterocycles. The van der Waals surface area contributed by atoms with Crippen LogP contribution in [-0.4, -0.2) is 16.8 Å². The zero-order valence-electron chi connectivity index (χ0n) is 9.09. The van der Waals surface area contributed by atoms with E-state index in [-0.39, 0.29) is 0 Å². The van der Waals surface area contributed by atoms with E-state index in [9.17, 15) is 0 Å². The van der Waals surface area contributed by atoms with Gasteiger partial charge in [-0.1, -0.05) is 32.6 Å². The molecule has 0 nitrogen and oxygen atoms in total. The molecule has 0 saturated carbocycles. The van der Waals surface area contributed by atoms with Gasteiger partial charge in [0.25, 0.3) is 0 Å². The van der Waals surface area contributed by atoms with Gasteiger partial charge in [0.2, 0.25) is 0 Å². The molecule has 0 aliphatic rings. The molecule has 0 aromatic carbocycles. The van der Waals surface area contributed by atoms with E-state index < -0.39 is 0 Å². The lowest BCUT2D eigenvalue weighted by Crippen LogP contribution is -2.07. The van der Waals surface area contributed by atoms with Crippen LogP contribution in [0.3, 0.4) is 0 Å². The van der Waals surface area contributed by atoms with Crippen molar-refractivity contribution in [2.45, 2.75) is 37.7 Å². The topological polar surface area (TPSA) is 0 Å². The van der Waals surface area contributed by atoms with E-state index in [0.717, 1.165) is 6.42 Å². The molecule has 0 fully saturated rings. The van der Waals surface area contributed by atoms with Gasteiger partial charge in [0.05, 0.1) is 0 Å². The summed E-state index contributed by atoms with van der Waals surface area (Å²) in [7, 11) is 0. The molecule has 0 rings (SSSR count). The maximum absolute atomic E-state index is 4.02. The molecule has 0 bridgehead atoms. The molecule has 1 atom stereocenters. The Balaban J connectivity index is 4.10. The lowest BCUT2D eigenvalue weighted by atomic mass is 10.2. The molecule has 0 radical (unpaired) electrons. The van der Waals surface area contributed by atoms with Crippen molar-refractivity contribution in [3.8, 4) is 0 Å². The van der Waals surface area contributed by atoms with Crippen LogP contribution in [0.15, 0.2) is 23.6 Å². The van der Waals surface area contributed by atoms with Gasteiger partial charge < -0.3 is 0 Å². The maximum Gasteiger partial charge on any atom is 0.0298 e. The third kappa shape index (κ3) is 6.28. The van der Waals surface area contributed by atoms with E-state index in [0.29, 0.717) is 10.5 Å². The fraction of sp³-hybridized carbons (Fsp3) is 0.636. The highest BCUT2D eigenvalue weighted by Crippen LogP contribution is 2.30. The van der Waals surface area contributed by atoms with Crippen LogP contribution in [0, 0.1) is 0 Å². The first-order valence-electron chi connectivity index (χ1n) is 4.50. The molecule has 2 heteroatoms. The first-order chi connectivity index (χ1) is 5.97. The van der Waals surface area contributed by atoms with Crippen molar-refractivity contribution >= 4 is 23.5 Å². The molecule has 13 heavy (non-hydrogen) atoms. The van der Waals surface area contributed by atoms with E-state index in [4.69, 9.17) is 0 Å². The molecular formula is C11H20S2. The zero-order chi connectivity index (χ0) is 10.4. The Morgan fingerprint density at radius 3 is 2.15 bits per heavy atom. The van der Waals surface area contributed by atoms with Gasteiger partial charge in [0, 0.05) is 5.25 Å². The van der Waals surface area contributed by atoms with Crippen LogP contribution in [0.25, 0.3) is 0 Å². The van der Waals surface area contributed by atoms with E-state index >= 15 is 0 Å². The summed E-state index contributed by atoms with van der Waals surface area (Å²) in [4.78, 5) is 1.25. The predicted octanol–water partition coefficient (Wildman–Crippen LogP) is 4.34. The normalized spacial score (nSPS) is 13.0. The standard InChI is InChI=1S/C11H20S2/c1-8(2)11(13-9(3)4)7-10(5)12-6/h9,11H,1,5,7H2,2-4,6H3.